The maximum atomic E-state index is 13.5. The lowest BCUT2D eigenvalue weighted by atomic mass is 10.0. The molecule has 0 aliphatic carbocycles. The topological polar surface area (TPSA) is 33.1 Å². The van der Waals surface area contributed by atoms with Crippen LogP contribution in [0.25, 0.3) is 0 Å². The van der Waals surface area contributed by atoms with Crippen LogP contribution in [0.15, 0.2) is 30.5 Å². The quantitative estimate of drug-likeness (QED) is 0.872. The maximum absolute atomic E-state index is 13.5. The van der Waals surface area contributed by atoms with Crippen molar-refractivity contribution in [2.75, 3.05) is 0 Å². The van der Waals surface area contributed by atoms with Gasteiger partial charge in [0.15, 0.2) is 17.5 Å². The summed E-state index contributed by atoms with van der Waals surface area (Å²) in [4.78, 5) is 4.13. The monoisotopic (exact) mass is 281 g/mol. The Labute approximate surface area is 114 Å². The van der Waals surface area contributed by atoms with E-state index in [0.29, 0.717) is 5.69 Å². The van der Waals surface area contributed by atoms with E-state index in [1.165, 1.54) is 0 Å². The lowest BCUT2D eigenvalue weighted by molar-refractivity contribution is 0.170. The summed E-state index contributed by atoms with van der Waals surface area (Å²) in [5, 5.41) is 9.93. The molecule has 1 unspecified atom stereocenters. The maximum Gasteiger partial charge on any atom is 0.194 e. The van der Waals surface area contributed by atoms with E-state index < -0.39 is 23.6 Å². The number of aryl methyl sites for hydroxylation is 1. The molecule has 2 nitrogen and oxygen atoms in total. The Hall–Kier alpha value is -1.88. The lowest BCUT2D eigenvalue weighted by Gasteiger charge is -2.12. The molecular formula is C15H14F3NO. The number of halogens is 3. The Morgan fingerprint density at radius 1 is 1.10 bits per heavy atom. The van der Waals surface area contributed by atoms with Gasteiger partial charge in [0, 0.05) is 23.9 Å². The molecule has 0 saturated carbocycles. The van der Waals surface area contributed by atoms with E-state index in [1.54, 1.807) is 12.3 Å². The molecular weight excluding hydrogens is 267 g/mol. The van der Waals surface area contributed by atoms with Crippen LogP contribution in [0, 0.1) is 17.5 Å². The fraction of sp³-hybridized carbons (Fsp3) is 0.267. The first-order chi connectivity index (χ1) is 9.52. The van der Waals surface area contributed by atoms with E-state index in [0.717, 1.165) is 24.1 Å². The van der Waals surface area contributed by atoms with Gasteiger partial charge in [0.25, 0.3) is 0 Å². The third-order valence-electron chi connectivity index (χ3n) is 3.12. The molecule has 0 fully saturated rings. The number of rotatable bonds is 4. The van der Waals surface area contributed by atoms with Gasteiger partial charge in [-0.15, -0.1) is 0 Å². The third kappa shape index (κ3) is 2.99. The highest BCUT2D eigenvalue weighted by atomic mass is 19.2. The minimum absolute atomic E-state index is 0.0337. The van der Waals surface area contributed by atoms with Crippen LogP contribution in [-0.2, 0) is 12.8 Å². The van der Waals surface area contributed by atoms with Crippen molar-refractivity contribution < 1.29 is 18.3 Å². The average molecular weight is 281 g/mol. The molecule has 1 N–H and O–H groups in total. The van der Waals surface area contributed by atoms with Crippen LogP contribution in [0.2, 0.25) is 0 Å². The van der Waals surface area contributed by atoms with Gasteiger partial charge in [-0.3, -0.25) is 4.98 Å². The summed E-state index contributed by atoms with van der Waals surface area (Å²) in [5.74, 6) is -4.21. The molecule has 0 amide bonds. The molecule has 0 aliphatic rings. The van der Waals surface area contributed by atoms with Crippen LogP contribution in [0.3, 0.4) is 0 Å². The van der Waals surface area contributed by atoms with Crippen LogP contribution in [0.5, 0.6) is 0 Å². The van der Waals surface area contributed by atoms with Crippen molar-refractivity contribution in [3.8, 4) is 0 Å². The van der Waals surface area contributed by atoms with Gasteiger partial charge in [-0.1, -0.05) is 19.1 Å². The highest BCUT2D eigenvalue weighted by molar-refractivity contribution is 5.24. The normalized spacial score (nSPS) is 12.4. The number of aromatic nitrogens is 1. The molecule has 5 heteroatoms. The predicted octanol–water partition coefficient (Wildman–Crippen LogP) is 3.34. The molecule has 0 saturated heterocycles. The van der Waals surface area contributed by atoms with Crippen LogP contribution < -0.4 is 0 Å². The molecule has 1 aromatic carbocycles. The summed E-state index contributed by atoms with van der Waals surface area (Å²) in [5.41, 5.74) is 1.33. The lowest BCUT2D eigenvalue weighted by Crippen LogP contribution is -2.08. The fourth-order valence-electron chi connectivity index (χ4n) is 1.89. The summed E-state index contributed by atoms with van der Waals surface area (Å²) >= 11 is 0. The van der Waals surface area contributed by atoms with Gasteiger partial charge in [-0.2, -0.15) is 0 Å². The van der Waals surface area contributed by atoms with Crippen LogP contribution >= 0.6 is 0 Å². The fourth-order valence-corrected chi connectivity index (χ4v) is 1.89. The molecule has 2 rings (SSSR count). The number of hydrogen-bond acceptors (Lipinski definition) is 2. The smallest absolute Gasteiger partial charge is 0.194 e. The Kier molecular flexibility index (Phi) is 4.39. The number of aliphatic hydroxyl groups excluding tert-OH is 1. The molecule has 1 atom stereocenters. The summed E-state index contributed by atoms with van der Waals surface area (Å²) < 4.78 is 39.5. The zero-order valence-electron chi connectivity index (χ0n) is 10.9. The van der Waals surface area contributed by atoms with E-state index in [9.17, 15) is 18.3 Å². The predicted molar refractivity (Wildman–Crippen MR) is 68.6 cm³/mol. The van der Waals surface area contributed by atoms with Gasteiger partial charge in [-0.25, -0.2) is 13.2 Å². The molecule has 2 aromatic rings. The zero-order chi connectivity index (χ0) is 14.7. The summed E-state index contributed by atoms with van der Waals surface area (Å²) in [6.45, 7) is 1.99. The average Bonchev–Trinajstić information content (AvgIpc) is 2.45. The standard InChI is InChI=1S/C15H14F3NO/c1-2-9-3-4-10(19-8-9)7-13(20)11-5-6-12(16)15(18)14(11)17/h3-6,8,13,20H,2,7H2,1H3. The molecule has 0 aliphatic heterocycles. The number of hydrogen-bond donors (Lipinski definition) is 1. The first kappa shape index (κ1) is 14.5. The molecule has 0 bridgehead atoms. The second-order valence-electron chi connectivity index (χ2n) is 4.50. The summed E-state index contributed by atoms with van der Waals surface area (Å²) in [6.07, 6.45) is 1.27. The second kappa shape index (κ2) is 6.05. The zero-order valence-corrected chi connectivity index (χ0v) is 10.9. The van der Waals surface area contributed by atoms with Gasteiger partial charge >= 0.3 is 0 Å². The van der Waals surface area contributed by atoms with Crippen molar-refractivity contribution in [2.45, 2.75) is 25.9 Å². The van der Waals surface area contributed by atoms with Crippen molar-refractivity contribution in [2.24, 2.45) is 0 Å². The number of pyridine rings is 1. The Morgan fingerprint density at radius 2 is 1.85 bits per heavy atom. The van der Waals surface area contributed by atoms with Crippen molar-refractivity contribution in [3.05, 3.63) is 64.7 Å². The first-order valence-electron chi connectivity index (χ1n) is 6.28. The van der Waals surface area contributed by atoms with Crippen molar-refractivity contribution in [3.63, 3.8) is 0 Å². The van der Waals surface area contributed by atoms with Crippen LogP contribution in [0.4, 0.5) is 13.2 Å². The van der Waals surface area contributed by atoms with Gasteiger partial charge in [0.05, 0.1) is 6.10 Å². The van der Waals surface area contributed by atoms with Crippen molar-refractivity contribution in [1.82, 2.24) is 4.98 Å². The third-order valence-corrected chi connectivity index (χ3v) is 3.12. The van der Waals surface area contributed by atoms with Gasteiger partial charge in [-0.05, 0) is 24.1 Å². The van der Waals surface area contributed by atoms with E-state index in [4.69, 9.17) is 0 Å². The van der Waals surface area contributed by atoms with E-state index in [1.807, 2.05) is 13.0 Å². The summed E-state index contributed by atoms with van der Waals surface area (Å²) in [7, 11) is 0. The SMILES string of the molecule is CCc1ccc(CC(O)c2ccc(F)c(F)c2F)nc1. The largest absolute Gasteiger partial charge is 0.388 e. The number of benzene rings is 1. The Balaban J connectivity index is 2.19. The van der Waals surface area contributed by atoms with Crippen molar-refractivity contribution in [1.29, 1.82) is 0 Å². The first-order valence-corrected chi connectivity index (χ1v) is 6.28. The highest BCUT2D eigenvalue weighted by Gasteiger charge is 2.19. The molecule has 1 heterocycles. The Morgan fingerprint density at radius 3 is 2.45 bits per heavy atom. The van der Waals surface area contributed by atoms with E-state index in [2.05, 4.69) is 4.98 Å². The van der Waals surface area contributed by atoms with E-state index >= 15 is 0 Å². The minimum atomic E-state index is -1.57. The van der Waals surface area contributed by atoms with Crippen LogP contribution in [0.1, 0.15) is 29.8 Å². The Bertz CT molecular complexity index is 599. The van der Waals surface area contributed by atoms with Gasteiger partial charge < -0.3 is 5.11 Å². The van der Waals surface area contributed by atoms with Crippen molar-refractivity contribution >= 4 is 0 Å². The number of nitrogens with zero attached hydrogens (tertiary/aromatic N) is 1. The van der Waals surface area contributed by atoms with Crippen LogP contribution in [-0.4, -0.2) is 10.1 Å². The molecule has 0 radical (unpaired) electrons. The molecule has 106 valence electrons. The summed E-state index contributed by atoms with van der Waals surface area (Å²) in [6, 6.07) is 5.42. The van der Waals surface area contributed by atoms with E-state index in [-0.39, 0.29) is 12.0 Å². The minimum Gasteiger partial charge on any atom is -0.388 e. The molecule has 0 spiro atoms. The molecule has 20 heavy (non-hydrogen) atoms. The number of aliphatic hydroxyl groups is 1. The molecule has 1 aromatic heterocycles. The van der Waals surface area contributed by atoms with Gasteiger partial charge in [0.1, 0.15) is 0 Å². The highest BCUT2D eigenvalue weighted by Crippen LogP contribution is 2.23. The van der Waals surface area contributed by atoms with Gasteiger partial charge in [0.2, 0.25) is 0 Å². The second-order valence-corrected chi connectivity index (χ2v) is 4.50.